The van der Waals surface area contributed by atoms with Crippen LogP contribution in [-0.4, -0.2) is 27.7 Å². The van der Waals surface area contributed by atoms with Gasteiger partial charge in [-0.25, -0.2) is 9.97 Å². The minimum Gasteiger partial charge on any atom is -0.392 e. The highest BCUT2D eigenvalue weighted by Gasteiger charge is 2.35. The molecular weight excluding hydrogens is 214 g/mol. The van der Waals surface area contributed by atoms with E-state index in [9.17, 15) is 5.11 Å². The maximum Gasteiger partial charge on any atom is 0.129 e. The van der Waals surface area contributed by atoms with Crippen molar-refractivity contribution in [1.82, 2.24) is 9.97 Å². The number of aryl methyl sites for hydroxylation is 1. The van der Waals surface area contributed by atoms with Crippen LogP contribution in [0.1, 0.15) is 38.3 Å². The Kier molecular flexibility index (Phi) is 3.62. The van der Waals surface area contributed by atoms with Crippen LogP contribution >= 0.6 is 0 Å². The molecule has 2 rings (SSSR count). The van der Waals surface area contributed by atoms with Crippen LogP contribution in [0.2, 0.25) is 0 Å². The zero-order valence-corrected chi connectivity index (χ0v) is 10.6. The first-order valence-corrected chi connectivity index (χ1v) is 6.31. The SMILES string of the molecule is Cc1cc(NCC2(C)CCCCC2O)ncn1. The number of hydrogen-bond donors (Lipinski definition) is 2. The molecular formula is C13H21N3O. The van der Waals surface area contributed by atoms with Crippen molar-refractivity contribution < 1.29 is 5.11 Å². The number of rotatable bonds is 3. The van der Waals surface area contributed by atoms with Gasteiger partial charge in [-0.1, -0.05) is 19.8 Å². The summed E-state index contributed by atoms with van der Waals surface area (Å²) in [6.07, 6.45) is 5.71. The van der Waals surface area contributed by atoms with E-state index in [1.165, 1.54) is 6.42 Å². The van der Waals surface area contributed by atoms with Crippen LogP contribution in [0.3, 0.4) is 0 Å². The maximum atomic E-state index is 10.1. The minimum absolute atomic E-state index is 0.0307. The summed E-state index contributed by atoms with van der Waals surface area (Å²) < 4.78 is 0. The Morgan fingerprint density at radius 3 is 3.00 bits per heavy atom. The second-order valence-corrected chi connectivity index (χ2v) is 5.31. The van der Waals surface area contributed by atoms with Crippen LogP contribution in [0.25, 0.3) is 0 Å². The molecule has 0 radical (unpaired) electrons. The highest BCUT2D eigenvalue weighted by atomic mass is 16.3. The smallest absolute Gasteiger partial charge is 0.129 e. The van der Waals surface area contributed by atoms with Gasteiger partial charge in [-0.15, -0.1) is 0 Å². The highest BCUT2D eigenvalue weighted by molar-refractivity contribution is 5.34. The molecule has 0 saturated heterocycles. The van der Waals surface area contributed by atoms with Gasteiger partial charge in [-0.2, -0.15) is 0 Å². The number of nitrogens with zero attached hydrogens (tertiary/aromatic N) is 2. The van der Waals surface area contributed by atoms with E-state index in [2.05, 4.69) is 22.2 Å². The molecule has 4 nitrogen and oxygen atoms in total. The molecule has 1 fully saturated rings. The van der Waals surface area contributed by atoms with E-state index in [0.29, 0.717) is 0 Å². The molecule has 0 aromatic carbocycles. The first kappa shape index (κ1) is 12.3. The molecule has 94 valence electrons. The number of nitrogens with one attached hydrogen (secondary N) is 1. The van der Waals surface area contributed by atoms with Gasteiger partial charge in [0.1, 0.15) is 12.1 Å². The van der Waals surface area contributed by atoms with Crippen LogP contribution in [0.15, 0.2) is 12.4 Å². The van der Waals surface area contributed by atoms with Gasteiger partial charge < -0.3 is 10.4 Å². The molecule has 2 N–H and O–H groups in total. The molecule has 0 spiro atoms. The van der Waals surface area contributed by atoms with Crippen LogP contribution < -0.4 is 5.32 Å². The lowest BCUT2D eigenvalue weighted by Gasteiger charge is -2.38. The predicted octanol–water partition coefficient (Wildman–Crippen LogP) is 2.14. The third kappa shape index (κ3) is 2.94. The van der Waals surface area contributed by atoms with E-state index in [-0.39, 0.29) is 11.5 Å². The van der Waals surface area contributed by atoms with E-state index in [1.807, 2.05) is 13.0 Å². The fourth-order valence-electron chi connectivity index (χ4n) is 2.43. The van der Waals surface area contributed by atoms with E-state index >= 15 is 0 Å². The van der Waals surface area contributed by atoms with Crippen molar-refractivity contribution in [2.45, 2.75) is 45.6 Å². The molecule has 0 aliphatic heterocycles. The van der Waals surface area contributed by atoms with Gasteiger partial charge in [0.15, 0.2) is 0 Å². The Balaban J connectivity index is 1.97. The summed E-state index contributed by atoms with van der Waals surface area (Å²) in [4.78, 5) is 8.24. The normalized spacial score (nSPS) is 29.0. The summed E-state index contributed by atoms with van der Waals surface area (Å²) >= 11 is 0. The zero-order chi connectivity index (χ0) is 12.3. The number of aromatic nitrogens is 2. The second-order valence-electron chi connectivity index (χ2n) is 5.31. The monoisotopic (exact) mass is 235 g/mol. The number of aliphatic hydroxyl groups excluding tert-OH is 1. The Labute approximate surface area is 102 Å². The van der Waals surface area contributed by atoms with Gasteiger partial charge in [0.2, 0.25) is 0 Å². The van der Waals surface area contributed by atoms with Crippen molar-refractivity contribution in [3.05, 3.63) is 18.1 Å². The van der Waals surface area contributed by atoms with E-state index < -0.39 is 0 Å². The highest BCUT2D eigenvalue weighted by Crippen LogP contribution is 2.36. The summed E-state index contributed by atoms with van der Waals surface area (Å²) in [7, 11) is 0. The second kappa shape index (κ2) is 5.00. The van der Waals surface area contributed by atoms with Gasteiger partial charge in [-0.3, -0.25) is 0 Å². The molecule has 1 aromatic rings. The van der Waals surface area contributed by atoms with Crippen LogP contribution in [-0.2, 0) is 0 Å². The molecule has 1 aromatic heterocycles. The Bertz CT molecular complexity index is 383. The average molecular weight is 235 g/mol. The van der Waals surface area contributed by atoms with E-state index in [0.717, 1.165) is 37.3 Å². The topological polar surface area (TPSA) is 58.0 Å². The summed E-state index contributed by atoms with van der Waals surface area (Å²) in [6.45, 7) is 4.87. The number of hydrogen-bond acceptors (Lipinski definition) is 4. The fourth-order valence-corrected chi connectivity index (χ4v) is 2.43. The van der Waals surface area contributed by atoms with Crippen molar-refractivity contribution in [2.75, 3.05) is 11.9 Å². The summed E-state index contributed by atoms with van der Waals surface area (Å²) in [5.41, 5.74) is 0.925. The lowest BCUT2D eigenvalue weighted by Crippen LogP contribution is -2.41. The molecule has 2 unspecified atom stereocenters. The Morgan fingerprint density at radius 2 is 2.29 bits per heavy atom. The molecule has 2 atom stereocenters. The Morgan fingerprint density at radius 1 is 1.47 bits per heavy atom. The first-order chi connectivity index (χ1) is 8.10. The molecule has 1 aliphatic carbocycles. The molecule has 0 bridgehead atoms. The predicted molar refractivity (Wildman–Crippen MR) is 67.8 cm³/mol. The molecule has 1 heterocycles. The minimum atomic E-state index is -0.202. The van der Waals surface area contributed by atoms with Crippen LogP contribution in [0.5, 0.6) is 0 Å². The molecule has 4 heteroatoms. The average Bonchev–Trinajstić information content (AvgIpc) is 2.31. The summed E-state index contributed by atoms with van der Waals surface area (Å²) in [5.74, 6) is 0.844. The summed E-state index contributed by atoms with van der Waals surface area (Å²) in [6, 6.07) is 1.93. The lowest BCUT2D eigenvalue weighted by molar-refractivity contribution is 0.00958. The third-order valence-corrected chi connectivity index (χ3v) is 3.76. The van der Waals surface area contributed by atoms with Gasteiger partial charge in [0.05, 0.1) is 6.10 Å². The van der Waals surface area contributed by atoms with E-state index in [4.69, 9.17) is 0 Å². The zero-order valence-electron chi connectivity index (χ0n) is 10.6. The van der Waals surface area contributed by atoms with Gasteiger partial charge >= 0.3 is 0 Å². The third-order valence-electron chi connectivity index (χ3n) is 3.76. The van der Waals surface area contributed by atoms with Crippen molar-refractivity contribution in [1.29, 1.82) is 0 Å². The molecule has 17 heavy (non-hydrogen) atoms. The Hall–Kier alpha value is -1.16. The van der Waals surface area contributed by atoms with Crippen molar-refractivity contribution in [2.24, 2.45) is 5.41 Å². The molecule has 1 aliphatic rings. The lowest BCUT2D eigenvalue weighted by atomic mass is 9.73. The van der Waals surface area contributed by atoms with Crippen molar-refractivity contribution in [3.8, 4) is 0 Å². The maximum absolute atomic E-state index is 10.1. The van der Waals surface area contributed by atoms with Gasteiger partial charge in [0, 0.05) is 23.7 Å². The van der Waals surface area contributed by atoms with Crippen LogP contribution in [0.4, 0.5) is 5.82 Å². The fraction of sp³-hybridized carbons (Fsp3) is 0.692. The largest absolute Gasteiger partial charge is 0.392 e. The van der Waals surface area contributed by atoms with E-state index in [1.54, 1.807) is 6.33 Å². The first-order valence-electron chi connectivity index (χ1n) is 6.31. The number of aliphatic hydroxyl groups is 1. The quantitative estimate of drug-likeness (QED) is 0.842. The molecule has 0 amide bonds. The van der Waals surface area contributed by atoms with Crippen molar-refractivity contribution >= 4 is 5.82 Å². The molecule has 1 saturated carbocycles. The number of anilines is 1. The van der Waals surface area contributed by atoms with Crippen molar-refractivity contribution in [3.63, 3.8) is 0 Å². The summed E-state index contributed by atoms with van der Waals surface area (Å²) in [5, 5.41) is 13.4. The standard InChI is InChI=1S/C13H21N3O/c1-10-7-12(16-9-15-10)14-8-13(2)6-4-3-5-11(13)17/h7,9,11,17H,3-6,8H2,1-2H3,(H,14,15,16). The van der Waals surface area contributed by atoms with Crippen LogP contribution in [0, 0.1) is 12.3 Å². The van der Waals surface area contributed by atoms with Gasteiger partial charge in [-0.05, 0) is 19.8 Å². The van der Waals surface area contributed by atoms with Gasteiger partial charge in [0.25, 0.3) is 0 Å².